The predicted octanol–water partition coefficient (Wildman–Crippen LogP) is 2.69. The zero-order chi connectivity index (χ0) is 12.9. The van der Waals surface area contributed by atoms with Crippen molar-refractivity contribution in [2.24, 2.45) is 0 Å². The summed E-state index contributed by atoms with van der Waals surface area (Å²) in [5.74, 6) is -0.250. The van der Waals surface area contributed by atoms with E-state index in [0.717, 1.165) is 5.56 Å². The van der Waals surface area contributed by atoms with Crippen LogP contribution >= 0.6 is 11.6 Å². The molecule has 1 aromatic carbocycles. The van der Waals surface area contributed by atoms with E-state index in [1.807, 2.05) is 44.2 Å². The van der Waals surface area contributed by atoms with Crippen molar-refractivity contribution >= 4 is 17.5 Å². The summed E-state index contributed by atoms with van der Waals surface area (Å²) in [6.07, 6.45) is 0.559. The average molecular weight is 251 g/mol. The molecule has 1 amide bonds. The van der Waals surface area contributed by atoms with E-state index in [1.165, 1.54) is 0 Å². The lowest BCUT2D eigenvalue weighted by molar-refractivity contribution is -0.121. The number of benzene rings is 1. The fourth-order valence-corrected chi connectivity index (χ4v) is 1.91. The lowest BCUT2D eigenvalue weighted by Gasteiger charge is -2.26. The molecule has 1 N–H and O–H groups in total. The Bertz CT molecular complexity index is 449. The summed E-state index contributed by atoms with van der Waals surface area (Å²) in [5, 5.41) is 11.9. The standard InChI is InChI=1S/C13H15ClN2O/c1-13(2,16-12(17)6-7-15)9-10-4-3-5-11(14)8-10/h3-5,8H,6,9H2,1-2H3,(H,16,17). The molecule has 1 aromatic rings. The van der Waals surface area contributed by atoms with Gasteiger partial charge in [0, 0.05) is 10.6 Å². The number of nitrogens with one attached hydrogen (secondary N) is 1. The van der Waals surface area contributed by atoms with E-state index in [4.69, 9.17) is 16.9 Å². The summed E-state index contributed by atoms with van der Waals surface area (Å²) >= 11 is 5.90. The van der Waals surface area contributed by atoms with Gasteiger partial charge in [-0.05, 0) is 38.0 Å². The molecule has 4 heteroatoms. The van der Waals surface area contributed by atoms with E-state index in [-0.39, 0.29) is 12.3 Å². The van der Waals surface area contributed by atoms with E-state index < -0.39 is 5.54 Å². The zero-order valence-electron chi connectivity index (χ0n) is 9.96. The van der Waals surface area contributed by atoms with Crippen LogP contribution in [0.2, 0.25) is 5.02 Å². The fourth-order valence-electron chi connectivity index (χ4n) is 1.69. The molecule has 0 saturated carbocycles. The van der Waals surface area contributed by atoms with Gasteiger partial charge in [-0.1, -0.05) is 23.7 Å². The molecule has 0 aliphatic carbocycles. The first-order valence-corrected chi connectivity index (χ1v) is 5.73. The summed E-state index contributed by atoms with van der Waals surface area (Å²) in [7, 11) is 0. The van der Waals surface area contributed by atoms with Crippen molar-refractivity contribution in [1.82, 2.24) is 5.32 Å². The van der Waals surface area contributed by atoms with Gasteiger partial charge in [-0.2, -0.15) is 5.26 Å². The summed E-state index contributed by atoms with van der Waals surface area (Å²) in [6, 6.07) is 9.36. The van der Waals surface area contributed by atoms with Crippen LogP contribution in [0.15, 0.2) is 24.3 Å². The Morgan fingerprint density at radius 1 is 1.53 bits per heavy atom. The van der Waals surface area contributed by atoms with Crippen LogP contribution in [0.1, 0.15) is 25.8 Å². The number of carbonyl (C=O) groups excluding carboxylic acids is 1. The highest BCUT2D eigenvalue weighted by Gasteiger charge is 2.20. The number of halogens is 1. The van der Waals surface area contributed by atoms with E-state index >= 15 is 0 Å². The molecule has 0 unspecified atom stereocenters. The van der Waals surface area contributed by atoms with E-state index in [9.17, 15) is 4.79 Å². The molecular weight excluding hydrogens is 236 g/mol. The van der Waals surface area contributed by atoms with E-state index in [1.54, 1.807) is 0 Å². The molecule has 0 fully saturated rings. The van der Waals surface area contributed by atoms with Crippen molar-refractivity contribution in [2.75, 3.05) is 0 Å². The fraction of sp³-hybridized carbons (Fsp3) is 0.385. The normalized spacial score (nSPS) is 10.7. The van der Waals surface area contributed by atoms with Crippen LogP contribution in [-0.2, 0) is 11.2 Å². The van der Waals surface area contributed by atoms with Gasteiger partial charge in [0.2, 0.25) is 5.91 Å². The van der Waals surface area contributed by atoms with Crippen LogP contribution in [0.25, 0.3) is 0 Å². The van der Waals surface area contributed by atoms with Crippen molar-refractivity contribution in [2.45, 2.75) is 32.2 Å². The van der Waals surface area contributed by atoms with Gasteiger partial charge in [0.25, 0.3) is 0 Å². The summed E-state index contributed by atoms with van der Waals surface area (Å²) in [4.78, 5) is 11.4. The van der Waals surface area contributed by atoms with Gasteiger partial charge in [-0.3, -0.25) is 4.79 Å². The Morgan fingerprint density at radius 3 is 2.82 bits per heavy atom. The quantitative estimate of drug-likeness (QED) is 0.893. The van der Waals surface area contributed by atoms with Gasteiger partial charge in [-0.25, -0.2) is 0 Å². The Kier molecular flexibility index (Phi) is 4.53. The van der Waals surface area contributed by atoms with Crippen LogP contribution < -0.4 is 5.32 Å². The molecule has 0 saturated heterocycles. The number of carbonyl (C=O) groups is 1. The van der Waals surface area contributed by atoms with Crippen LogP contribution in [0.5, 0.6) is 0 Å². The predicted molar refractivity (Wildman–Crippen MR) is 67.6 cm³/mol. The van der Waals surface area contributed by atoms with Crippen LogP contribution in [-0.4, -0.2) is 11.4 Å². The highest BCUT2D eigenvalue weighted by molar-refractivity contribution is 6.30. The minimum Gasteiger partial charge on any atom is -0.350 e. The van der Waals surface area contributed by atoms with Gasteiger partial charge in [0.15, 0.2) is 0 Å². The van der Waals surface area contributed by atoms with Gasteiger partial charge >= 0.3 is 0 Å². The number of nitriles is 1. The molecule has 0 heterocycles. The second kappa shape index (κ2) is 5.70. The zero-order valence-corrected chi connectivity index (χ0v) is 10.7. The molecule has 0 radical (unpaired) electrons. The molecule has 0 aliphatic rings. The highest BCUT2D eigenvalue weighted by Crippen LogP contribution is 2.16. The molecule has 0 atom stereocenters. The topological polar surface area (TPSA) is 52.9 Å². The van der Waals surface area contributed by atoms with Gasteiger partial charge in [0.05, 0.1) is 6.07 Å². The van der Waals surface area contributed by atoms with Gasteiger partial charge in [-0.15, -0.1) is 0 Å². The van der Waals surface area contributed by atoms with Crippen molar-refractivity contribution in [3.8, 4) is 6.07 Å². The second-order valence-corrected chi connectivity index (χ2v) is 5.01. The molecule has 0 spiro atoms. The number of hydrogen-bond acceptors (Lipinski definition) is 2. The maximum absolute atomic E-state index is 11.4. The van der Waals surface area contributed by atoms with Gasteiger partial charge < -0.3 is 5.32 Å². The van der Waals surface area contributed by atoms with Crippen molar-refractivity contribution in [3.63, 3.8) is 0 Å². The molecule has 0 aromatic heterocycles. The number of nitrogens with zero attached hydrogens (tertiary/aromatic N) is 1. The number of rotatable bonds is 4. The van der Waals surface area contributed by atoms with Crippen molar-refractivity contribution < 1.29 is 4.79 Å². The average Bonchev–Trinajstić information content (AvgIpc) is 2.15. The van der Waals surface area contributed by atoms with Crippen LogP contribution in [0.3, 0.4) is 0 Å². The first kappa shape index (κ1) is 13.5. The number of hydrogen-bond donors (Lipinski definition) is 1. The molecular formula is C13H15ClN2O. The maximum atomic E-state index is 11.4. The second-order valence-electron chi connectivity index (χ2n) is 4.57. The molecule has 0 bridgehead atoms. The van der Waals surface area contributed by atoms with Crippen molar-refractivity contribution in [1.29, 1.82) is 5.26 Å². The Hall–Kier alpha value is -1.53. The first-order valence-electron chi connectivity index (χ1n) is 5.35. The Labute approximate surface area is 106 Å². The first-order chi connectivity index (χ1) is 7.93. The molecule has 1 rings (SSSR count). The van der Waals surface area contributed by atoms with Crippen LogP contribution in [0, 0.1) is 11.3 Å². The smallest absolute Gasteiger partial charge is 0.234 e. The monoisotopic (exact) mass is 250 g/mol. The molecule has 90 valence electrons. The molecule has 0 aliphatic heterocycles. The third-order valence-electron chi connectivity index (χ3n) is 2.25. The summed E-state index contributed by atoms with van der Waals surface area (Å²) in [5.41, 5.74) is 0.665. The number of amides is 1. The van der Waals surface area contributed by atoms with Crippen LogP contribution in [0.4, 0.5) is 0 Å². The highest BCUT2D eigenvalue weighted by atomic mass is 35.5. The largest absolute Gasteiger partial charge is 0.350 e. The lowest BCUT2D eigenvalue weighted by Crippen LogP contribution is -2.44. The Morgan fingerprint density at radius 2 is 2.24 bits per heavy atom. The minimum absolute atomic E-state index is 0.112. The van der Waals surface area contributed by atoms with E-state index in [2.05, 4.69) is 5.32 Å². The Balaban J connectivity index is 2.66. The minimum atomic E-state index is -0.390. The summed E-state index contributed by atoms with van der Waals surface area (Å²) < 4.78 is 0. The molecule has 17 heavy (non-hydrogen) atoms. The van der Waals surface area contributed by atoms with E-state index in [0.29, 0.717) is 11.4 Å². The van der Waals surface area contributed by atoms with Crippen molar-refractivity contribution in [3.05, 3.63) is 34.9 Å². The SMILES string of the molecule is CC(C)(Cc1cccc(Cl)c1)NC(=O)CC#N. The third-order valence-corrected chi connectivity index (χ3v) is 2.49. The van der Waals surface area contributed by atoms with Gasteiger partial charge in [0.1, 0.15) is 6.42 Å². The lowest BCUT2D eigenvalue weighted by atomic mass is 9.95. The third kappa shape index (κ3) is 4.88. The summed E-state index contributed by atoms with van der Waals surface area (Å²) in [6.45, 7) is 3.84. The molecule has 3 nitrogen and oxygen atoms in total. The maximum Gasteiger partial charge on any atom is 0.234 e.